The van der Waals surface area contributed by atoms with Crippen molar-refractivity contribution in [3.05, 3.63) is 70.4 Å². The molecule has 0 saturated carbocycles. The van der Waals surface area contributed by atoms with Crippen LogP contribution >= 0.6 is 11.3 Å². The number of benzene rings is 1. The van der Waals surface area contributed by atoms with E-state index in [1.807, 2.05) is 4.68 Å². The summed E-state index contributed by atoms with van der Waals surface area (Å²) in [4.78, 5) is 1.32. The summed E-state index contributed by atoms with van der Waals surface area (Å²) in [5.74, 6) is 0. The van der Waals surface area contributed by atoms with E-state index in [0.29, 0.717) is 0 Å². The molecule has 3 rings (SSSR count). The molecule has 2 heterocycles. The SMILES string of the molecule is CC(C)(C)c1ccc(CN(Cc2cccs2)n2cnnc2)cc1. The van der Waals surface area contributed by atoms with Gasteiger partial charge in [-0.15, -0.1) is 21.5 Å². The molecule has 0 N–H and O–H groups in total. The second kappa shape index (κ2) is 6.54. The fraction of sp³-hybridized carbons (Fsp3) is 0.333. The fourth-order valence-electron chi connectivity index (χ4n) is 2.46. The molecule has 5 heteroatoms. The van der Waals surface area contributed by atoms with Gasteiger partial charge in [0.05, 0.1) is 13.1 Å². The number of aromatic nitrogens is 3. The van der Waals surface area contributed by atoms with E-state index in [1.165, 1.54) is 16.0 Å². The highest BCUT2D eigenvalue weighted by Crippen LogP contribution is 2.22. The van der Waals surface area contributed by atoms with Crippen LogP contribution in [0.25, 0.3) is 0 Å². The maximum absolute atomic E-state index is 3.94. The summed E-state index contributed by atoms with van der Waals surface area (Å²) < 4.78 is 1.96. The third-order valence-corrected chi connectivity index (χ3v) is 4.70. The monoisotopic (exact) mass is 326 g/mol. The molecular formula is C18H22N4S. The molecule has 4 nitrogen and oxygen atoms in total. The molecule has 0 radical (unpaired) electrons. The van der Waals surface area contributed by atoms with Crippen molar-refractivity contribution in [3.8, 4) is 0 Å². The lowest BCUT2D eigenvalue weighted by molar-refractivity contribution is 0.575. The highest BCUT2D eigenvalue weighted by molar-refractivity contribution is 7.09. The Morgan fingerprint density at radius 1 is 1.00 bits per heavy atom. The van der Waals surface area contributed by atoms with Gasteiger partial charge in [-0.25, -0.2) is 4.68 Å². The van der Waals surface area contributed by atoms with E-state index in [9.17, 15) is 0 Å². The van der Waals surface area contributed by atoms with Gasteiger partial charge in [-0.1, -0.05) is 51.1 Å². The maximum Gasteiger partial charge on any atom is 0.139 e. The first-order valence-corrected chi connectivity index (χ1v) is 8.62. The maximum atomic E-state index is 3.94. The molecule has 2 aromatic heterocycles. The number of thiophene rings is 1. The molecule has 0 aliphatic rings. The quantitative estimate of drug-likeness (QED) is 0.711. The van der Waals surface area contributed by atoms with Gasteiger partial charge < -0.3 is 5.01 Å². The average Bonchev–Trinajstić information content (AvgIpc) is 3.20. The zero-order valence-corrected chi connectivity index (χ0v) is 14.6. The third kappa shape index (κ3) is 3.99. The van der Waals surface area contributed by atoms with E-state index >= 15 is 0 Å². The summed E-state index contributed by atoms with van der Waals surface area (Å²) >= 11 is 1.77. The molecule has 0 bridgehead atoms. The molecule has 0 amide bonds. The molecule has 3 aromatic rings. The van der Waals surface area contributed by atoms with E-state index in [2.05, 4.69) is 77.8 Å². The van der Waals surface area contributed by atoms with Gasteiger partial charge in [0.15, 0.2) is 0 Å². The van der Waals surface area contributed by atoms with Gasteiger partial charge in [-0.05, 0) is 28.0 Å². The number of hydrogen-bond acceptors (Lipinski definition) is 4. The van der Waals surface area contributed by atoms with Crippen LogP contribution in [0.1, 0.15) is 36.8 Å². The van der Waals surface area contributed by atoms with Crippen LogP contribution in [-0.4, -0.2) is 14.9 Å². The Bertz CT molecular complexity index is 709. The second-order valence-electron chi connectivity index (χ2n) is 6.69. The van der Waals surface area contributed by atoms with Gasteiger partial charge in [0, 0.05) is 4.88 Å². The minimum atomic E-state index is 0.184. The lowest BCUT2D eigenvalue weighted by Crippen LogP contribution is -2.32. The first kappa shape index (κ1) is 15.7. The Kier molecular flexibility index (Phi) is 4.48. The standard InChI is InChI=1S/C18H22N4S/c1-18(2,3)16-8-6-15(7-9-16)11-21(22-13-19-20-14-22)12-17-5-4-10-23-17/h4-10,13-14H,11-12H2,1-3H3. The Hall–Kier alpha value is -2.14. The Labute approximate surface area is 141 Å². The Morgan fingerprint density at radius 3 is 2.26 bits per heavy atom. The van der Waals surface area contributed by atoms with Crippen molar-refractivity contribution in [1.29, 1.82) is 0 Å². The zero-order valence-electron chi connectivity index (χ0n) is 13.8. The lowest BCUT2D eigenvalue weighted by atomic mass is 9.87. The molecule has 0 aliphatic heterocycles. The van der Waals surface area contributed by atoms with Crippen LogP contribution < -0.4 is 5.01 Å². The van der Waals surface area contributed by atoms with Crippen LogP contribution in [0.4, 0.5) is 0 Å². The van der Waals surface area contributed by atoms with Crippen molar-refractivity contribution < 1.29 is 0 Å². The van der Waals surface area contributed by atoms with Gasteiger partial charge in [0.2, 0.25) is 0 Å². The molecule has 0 saturated heterocycles. The summed E-state index contributed by atoms with van der Waals surface area (Å²) in [5, 5.41) is 12.2. The van der Waals surface area contributed by atoms with Crippen LogP contribution in [0.5, 0.6) is 0 Å². The van der Waals surface area contributed by atoms with Crippen LogP contribution in [0, 0.1) is 0 Å². The van der Waals surface area contributed by atoms with Crippen LogP contribution in [0.2, 0.25) is 0 Å². The minimum absolute atomic E-state index is 0.184. The Balaban J connectivity index is 1.78. The van der Waals surface area contributed by atoms with E-state index in [1.54, 1.807) is 24.0 Å². The van der Waals surface area contributed by atoms with E-state index in [4.69, 9.17) is 0 Å². The largest absolute Gasteiger partial charge is 0.301 e. The predicted molar refractivity (Wildman–Crippen MR) is 95.1 cm³/mol. The van der Waals surface area contributed by atoms with Crippen LogP contribution in [0.15, 0.2) is 54.4 Å². The summed E-state index contributed by atoms with van der Waals surface area (Å²) in [5.41, 5.74) is 2.82. The summed E-state index contributed by atoms with van der Waals surface area (Å²) in [6, 6.07) is 13.1. The molecule has 120 valence electrons. The van der Waals surface area contributed by atoms with Crippen molar-refractivity contribution in [3.63, 3.8) is 0 Å². The molecule has 0 aliphatic carbocycles. The minimum Gasteiger partial charge on any atom is -0.301 e. The van der Waals surface area contributed by atoms with E-state index in [-0.39, 0.29) is 5.41 Å². The summed E-state index contributed by atoms with van der Waals surface area (Å²) in [7, 11) is 0. The first-order valence-electron chi connectivity index (χ1n) is 7.74. The number of rotatable bonds is 5. The molecule has 1 aromatic carbocycles. The highest BCUT2D eigenvalue weighted by atomic mass is 32.1. The van der Waals surface area contributed by atoms with Gasteiger partial charge in [0.25, 0.3) is 0 Å². The molecule has 0 spiro atoms. The lowest BCUT2D eigenvalue weighted by Gasteiger charge is -2.25. The smallest absolute Gasteiger partial charge is 0.139 e. The average molecular weight is 326 g/mol. The van der Waals surface area contributed by atoms with Gasteiger partial charge in [-0.3, -0.25) is 0 Å². The predicted octanol–water partition coefficient (Wildman–Crippen LogP) is 3.98. The molecule has 23 heavy (non-hydrogen) atoms. The van der Waals surface area contributed by atoms with Crippen molar-refractivity contribution in [1.82, 2.24) is 14.9 Å². The second-order valence-corrected chi connectivity index (χ2v) is 7.72. The van der Waals surface area contributed by atoms with Gasteiger partial charge >= 0.3 is 0 Å². The summed E-state index contributed by atoms with van der Waals surface area (Å²) in [6.45, 7) is 8.38. The third-order valence-electron chi connectivity index (χ3n) is 3.84. The molecule has 0 atom stereocenters. The van der Waals surface area contributed by atoms with Crippen molar-refractivity contribution in [2.75, 3.05) is 5.01 Å². The zero-order chi connectivity index (χ0) is 16.3. The van der Waals surface area contributed by atoms with E-state index < -0.39 is 0 Å². The molecule has 0 fully saturated rings. The van der Waals surface area contributed by atoms with E-state index in [0.717, 1.165) is 13.1 Å². The van der Waals surface area contributed by atoms with Crippen molar-refractivity contribution in [2.45, 2.75) is 39.3 Å². The summed E-state index contributed by atoms with van der Waals surface area (Å²) in [6.07, 6.45) is 3.49. The number of hydrogen-bond donors (Lipinski definition) is 0. The van der Waals surface area contributed by atoms with Gasteiger partial charge in [-0.2, -0.15) is 0 Å². The molecule has 0 unspecified atom stereocenters. The van der Waals surface area contributed by atoms with Crippen LogP contribution in [0.3, 0.4) is 0 Å². The van der Waals surface area contributed by atoms with Gasteiger partial charge in [0.1, 0.15) is 12.7 Å². The number of nitrogens with zero attached hydrogens (tertiary/aromatic N) is 4. The van der Waals surface area contributed by atoms with Crippen molar-refractivity contribution in [2.24, 2.45) is 0 Å². The topological polar surface area (TPSA) is 34.0 Å². The van der Waals surface area contributed by atoms with Crippen LogP contribution in [-0.2, 0) is 18.5 Å². The highest BCUT2D eigenvalue weighted by Gasteiger charge is 2.14. The Morgan fingerprint density at radius 2 is 1.70 bits per heavy atom. The first-order chi connectivity index (χ1) is 11.0. The fourth-order valence-corrected chi connectivity index (χ4v) is 3.18. The molecular weight excluding hydrogens is 304 g/mol. The van der Waals surface area contributed by atoms with Crippen molar-refractivity contribution >= 4 is 11.3 Å². The normalized spacial score (nSPS) is 11.6.